The van der Waals surface area contributed by atoms with Crippen LogP contribution >= 0.6 is 0 Å². The summed E-state index contributed by atoms with van der Waals surface area (Å²) in [5, 5.41) is 14.2. The molecule has 1 heterocycles. The summed E-state index contributed by atoms with van der Waals surface area (Å²) >= 11 is 0. The zero-order valence-corrected chi connectivity index (χ0v) is 18.7. The van der Waals surface area contributed by atoms with E-state index < -0.39 is 4.92 Å². The number of anilines is 1. The number of aryl methyl sites for hydroxylation is 1. The van der Waals surface area contributed by atoms with Gasteiger partial charge in [0.2, 0.25) is 0 Å². The Hall–Kier alpha value is -2.97. The molecule has 0 bridgehead atoms. The standard InChI is InChI=1S/C23H31N5O3/c1-17-5-6-19(15-21(17)28(30)31)23(29)24-16-22(27-13-11-26(4)12-14-27)18-7-9-20(10-8-18)25(2)3/h5-10,15,22H,11-14,16H2,1-4H3,(H,24,29)/t22-/m0/s1. The quantitative estimate of drug-likeness (QED) is 0.543. The number of nitro groups is 1. The van der Waals surface area contributed by atoms with Crippen molar-refractivity contribution in [2.45, 2.75) is 13.0 Å². The third-order valence-corrected chi connectivity index (χ3v) is 5.90. The molecule has 2 aromatic rings. The van der Waals surface area contributed by atoms with Crippen LogP contribution in [-0.2, 0) is 0 Å². The molecule has 166 valence electrons. The first-order chi connectivity index (χ1) is 14.8. The molecule has 8 heteroatoms. The Morgan fingerprint density at radius 1 is 1.13 bits per heavy atom. The van der Waals surface area contributed by atoms with Crippen molar-refractivity contribution in [2.75, 3.05) is 58.8 Å². The van der Waals surface area contributed by atoms with E-state index in [2.05, 4.69) is 51.3 Å². The Morgan fingerprint density at radius 3 is 2.35 bits per heavy atom. The van der Waals surface area contributed by atoms with Gasteiger partial charge in [0.05, 0.1) is 11.0 Å². The molecule has 1 aliphatic rings. The zero-order chi connectivity index (χ0) is 22.5. The molecular formula is C23H31N5O3. The van der Waals surface area contributed by atoms with Crippen LogP contribution in [-0.4, -0.2) is 74.5 Å². The minimum Gasteiger partial charge on any atom is -0.378 e. The average molecular weight is 426 g/mol. The summed E-state index contributed by atoms with van der Waals surface area (Å²) in [6, 6.07) is 13.0. The summed E-state index contributed by atoms with van der Waals surface area (Å²) in [6.45, 7) is 5.89. The molecule has 1 aliphatic heterocycles. The van der Waals surface area contributed by atoms with Crippen LogP contribution in [0.2, 0.25) is 0 Å². The van der Waals surface area contributed by atoms with E-state index in [0.29, 0.717) is 17.7 Å². The number of nitrogens with zero attached hydrogens (tertiary/aromatic N) is 4. The van der Waals surface area contributed by atoms with Gasteiger partial charge in [-0.2, -0.15) is 0 Å². The van der Waals surface area contributed by atoms with Gasteiger partial charge >= 0.3 is 0 Å². The molecule has 2 aromatic carbocycles. The van der Waals surface area contributed by atoms with Gasteiger partial charge in [0, 0.05) is 69.7 Å². The van der Waals surface area contributed by atoms with Gasteiger partial charge in [-0.05, 0) is 37.7 Å². The fourth-order valence-electron chi connectivity index (χ4n) is 3.82. The first-order valence-corrected chi connectivity index (χ1v) is 10.5. The molecule has 1 amide bonds. The Balaban J connectivity index is 1.77. The van der Waals surface area contributed by atoms with Gasteiger partial charge in [0.1, 0.15) is 0 Å². The molecule has 31 heavy (non-hydrogen) atoms. The molecule has 1 fully saturated rings. The second-order valence-corrected chi connectivity index (χ2v) is 8.31. The zero-order valence-electron chi connectivity index (χ0n) is 18.7. The number of nitrogens with one attached hydrogen (secondary N) is 1. The minimum absolute atomic E-state index is 0.0364. The van der Waals surface area contributed by atoms with Crippen LogP contribution in [0.5, 0.6) is 0 Å². The van der Waals surface area contributed by atoms with Crippen molar-refractivity contribution in [1.82, 2.24) is 15.1 Å². The molecule has 0 unspecified atom stereocenters. The third kappa shape index (κ3) is 5.59. The van der Waals surface area contributed by atoms with Gasteiger partial charge in [-0.25, -0.2) is 0 Å². The summed E-state index contributed by atoms with van der Waals surface area (Å²) < 4.78 is 0. The highest BCUT2D eigenvalue weighted by Gasteiger charge is 2.25. The number of carbonyl (C=O) groups excluding carboxylic acids is 1. The average Bonchev–Trinajstić information content (AvgIpc) is 2.75. The molecule has 1 saturated heterocycles. The largest absolute Gasteiger partial charge is 0.378 e. The van der Waals surface area contributed by atoms with E-state index in [9.17, 15) is 14.9 Å². The van der Waals surface area contributed by atoms with Crippen LogP contribution in [0.25, 0.3) is 0 Å². The molecule has 0 aromatic heterocycles. The van der Waals surface area contributed by atoms with Gasteiger partial charge in [0.15, 0.2) is 0 Å². The minimum atomic E-state index is -0.453. The molecular weight excluding hydrogens is 394 g/mol. The summed E-state index contributed by atoms with van der Waals surface area (Å²) in [4.78, 5) is 30.3. The first-order valence-electron chi connectivity index (χ1n) is 10.5. The van der Waals surface area contributed by atoms with Crippen LogP contribution < -0.4 is 10.2 Å². The van der Waals surface area contributed by atoms with E-state index in [1.807, 2.05) is 14.1 Å². The maximum atomic E-state index is 12.8. The van der Waals surface area contributed by atoms with Crippen molar-refractivity contribution in [3.63, 3.8) is 0 Å². The van der Waals surface area contributed by atoms with Crippen molar-refractivity contribution in [3.8, 4) is 0 Å². The number of amides is 1. The van der Waals surface area contributed by atoms with Crippen LogP contribution in [0.15, 0.2) is 42.5 Å². The lowest BCUT2D eigenvalue weighted by molar-refractivity contribution is -0.385. The SMILES string of the molecule is Cc1ccc(C(=O)NC[C@@H](c2ccc(N(C)C)cc2)N2CCN(C)CC2)cc1[N+](=O)[O-]. The van der Waals surface area contributed by atoms with Crippen molar-refractivity contribution in [2.24, 2.45) is 0 Å². The third-order valence-electron chi connectivity index (χ3n) is 5.90. The predicted octanol–water partition coefficient (Wildman–Crippen LogP) is 2.69. The molecule has 8 nitrogen and oxygen atoms in total. The molecule has 0 spiro atoms. The molecule has 1 N–H and O–H groups in total. The molecule has 3 rings (SSSR count). The topological polar surface area (TPSA) is 82.0 Å². The maximum Gasteiger partial charge on any atom is 0.273 e. The van der Waals surface area contributed by atoms with Crippen LogP contribution in [0, 0.1) is 17.0 Å². The number of likely N-dealkylation sites (N-methyl/N-ethyl adjacent to an activating group) is 1. The highest BCUT2D eigenvalue weighted by Crippen LogP contribution is 2.25. The highest BCUT2D eigenvalue weighted by molar-refractivity contribution is 5.95. The van der Waals surface area contributed by atoms with Crippen molar-refractivity contribution >= 4 is 17.3 Å². The van der Waals surface area contributed by atoms with Crippen LogP contribution in [0.1, 0.15) is 27.5 Å². The second-order valence-electron chi connectivity index (χ2n) is 8.31. The number of piperazine rings is 1. The Labute approximate surface area is 183 Å². The van der Waals surface area contributed by atoms with E-state index in [-0.39, 0.29) is 17.6 Å². The number of nitro benzene ring substituents is 1. The van der Waals surface area contributed by atoms with E-state index in [1.165, 1.54) is 6.07 Å². The molecule has 0 aliphatic carbocycles. The summed E-state index contributed by atoms with van der Waals surface area (Å²) in [6.07, 6.45) is 0. The number of benzene rings is 2. The Morgan fingerprint density at radius 2 is 1.77 bits per heavy atom. The van der Waals surface area contributed by atoms with Crippen molar-refractivity contribution in [3.05, 3.63) is 69.3 Å². The maximum absolute atomic E-state index is 12.8. The van der Waals surface area contributed by atoms with E-state index in [4.69, 9.17) is 0 Å². The number of rotatable bonds is 7. The monoisotopic (exact) mass is 425 g/mol. The van der Waals surface area contributed by atoms with Gasteiger partial charge in [-0.1, -0.05) is 18.2 Å². The summed E-state index contributed by atoms with van der Waals surface area (Å²) in [5.41, 5.74) is 3.07. The van der Waals surface area contributed by atoms with E-state index in [0.717, 1.165) is 37.4 Å². The second kappa shape index (κ2) is 9.89. The van der Waals surface area contributed by atoms with Gasteiger partial charge in [0.25, 0.3) is 11.6 Å². The first kappa shape index (κ1) is 22.7. The van der Waals surface area contributed by atoms with Gasteiger partial charge in [-0.15, -0.1) is 0 Å². The van der Waals surface area contributed by atoms with E-state index in [1.54, 1.807) is 19.1 Å². The lowest BCUT2D eigenvalue weighted by Gasteiger charge is -2.38. The lowest BCUT2D eigenvalue weighted by Crippen LogP contribution is -2.48. The van der Waals surface area contributed by atoms with E-state index >= 15 is 0 Å². The molecule has 1 atom stereocenters. The van der Waals surface area contributed by atoms with Gasteiger partial charge in [-0.3, -0.25) is 19.8 Å². The Bertz CT molecular complexity index is 921. The predicted molar refractivity (Wildman–Crippen MR) is 123 cm³/mol. The number of hydrogen-bond donors (Lipinski definition) is 1. The van der Waals surface area contributed by atoms with Crippen molar-refractivity contribution in [1.29, 1.82) is 0 Å². The number of hydrogen-bond acceptors (Lipinski definition) is 6. The Kier molecular flexibility index (Phi) is 7.25. The molecule has 0 saturated carbocycles. The lowest BCUT2D eigenvalue weighted by atomic mass is 10.0. The van der Waals surface area contributed by atoms with Crippen LogP contribution in [0.4, 0.5) is 11.4 Å². The smallest absolute Gasteiger partial charge is 0.273 e. The van der Waals surface area contributed by atoms with Crippen molar-refractivity contribution < 1.29 is 9.72 Å². The summed E-state index contributed by atoms with van der Waals surface area (Å²) in [5.74, 6) is -0.299. The highest BCUT2D eigenvalue weighted by atomic mass is 16.6. The fourth-order valence-corrected chi connectivity index (χ4v) is 3.82. The molecule has 0 radical (unpaired) electrons. The normalized spacial score (nSPS) is 16.0. The van der Waals surface area contributed by atoms with Gasteiger partial charge < -0.3 is 15.1 Å². The summed E-state index contributed by atoms with van der Waals surface area (Å²) in [7, 11) is 6.13. The number of carbonyl (C=O) groups is 1. The van der Waals surface area contributed by atoms with Crippen LogP contribution in [0.3, 0.4) is 0 Å². The fraction of sp³-hybridized carbons (Fsp3) is 0.435.